The third kappa shape index (κ3) is 4.13. The molecule has 0 aliphatic carbocycles. The molecule has 0 saturated carbocycles. The van der Waals surface area contributed by atoms with Gasteiger partial charge in [0.05, 0.1) is 18.8 Å². The van der Waals surface area contributed by atoms with Gasteiger partial charge in [-0.25, -0.2) is 9.18 Å². The Morgan fingerprint density at radius 3 is 3.00 bits per heavy atom. The number of cyclic esters (lactones) is 1. The Labute approximate surface area is 157 Å². The molecule has 1 aliphatic heterocycles. The van der Waals surface area contributed by atoms with Gasteiger partial charge in [-0.1, -0.05) is 11.3 Å². The molecule has 2 heterocycles. The van der Waals surface area contributed by atoms with E-state index in [1.165, 1.54) is 29.2 Å². The Kier molecular flexibility index (Phi) is 5.72. The van der Waals surface area contributed by atoms with E-state index in [0.29, 0.717) is 16.3 Å². The summed E-state index contributed by atoms with van der Waals surface area (Å²) in [5.41, 5.74) is 0.747. The van der Waals surface area contributed by atoms with Gasteiger partial charge in [0.25, 0.3) is 0 Å². The first-order chi connectivity index (χ1) is 12.5. The van der Waals surface area contributed by atoms with Crippen molar-refractivity contribution in [2.45, 2.75) is 18.8 Å². The molecule has 2 amide bonds. The number of nitrogens with zero attached hydrogens (tertiary/aromatic N) is 3. The lowest BCUT2D eigenvalue weighted by Crippen LogP contribution is -2.33. The summed E-state index contributed by atoms with van der Waals surface area (Å²) < 4.78 is 19.8. The van der Waals surface area contributed by atoms with E-state index < -0.39 is 18.0 Å². The van der Waals surface area contributed by atoms with Gasteiger partial charge in [-0.3, -0.25) is 9.69 Å². The number of nitrogens with one attached hydrogen (secondary N) is 1. The molecule has 1 aromatic carbocycles. The summed E-state index contributed by atoms with van der Waals surface area (Å²) in [6.07, 6.45) is 0.933. The standard InChI is InChI=1S/C16H17FN4O3S2/c1-9(22)18-6-11-7-21(16(23)24-11)10-3-4-12(13(17)5-10)15-20-19-14(26-15)8-25-2/h3-5,11H,6-8H2,1-2H3,(H,18,22). The molecule has 1 atom stereocenters. The van der Waals surface area contributed by atoms with Crippen molar-refractivity contribution in [1.29, 1.82) is 0 Å². The molecule has 1 fully saturated rings. The third-order valence-electron chi connectivity index (χ3n) is 3.68. The zero-order valence-electron chi connectivity index (χ0n) is 14.2. The van der Waals surface area contributed by atoms with E-state index in [4.69, 9.17) is 4.74 Å². The van der Waals surface area contributed by atoms with Crippen LogP contribution in [0.1, 0.15) is 11.9 Å². The summed E-state index contributed by atoms with van der Waals surface area (Å²) in [4.78, 5) is 24.3. The van der Waals surface area contributed by atoms with Crippen LogP contribution in [0.25, 0.3) is 10.6 Å². The minimum atomic E-state index is -0.564. The molecule has 7 nitrogen and oxygen atoms in total. The molecule has 26 heavy (non-hydrogen) atoms. The Balaban J connectivity index is 1.74. The molecule has 0 spiro atoms. The average Bonchev–Trinajstić information content (AvgIpc) is 3.20. The van der Waals surface area contributed by atoms with Crippen molar-refractivity contribution in [2.75, 3.05) is 24.2 Å². The largest absolute Gasteiger partial charge is 0.442 e. The minimum absolute atomic E-state index is 0.201. The Morgan fingerprint density at radius 1 is 1.50 bits per heavy atom. The van der Waals surface area contributed by atoms with Gasteiger partial charge in [-0.2, -0.15) is 11.8 Å². The Morgan fingerprint density at radius 2 is 2.31 bits per heavy atom. The number of anilines is 1. The first-order valence-corrected chi connectivity index (χ1v) is 10.0. The number of aromatic nitrogens is 2. The highest BCUT2D eigenvalue weighted by Gasteiger charge is 2.32. The molecular weight excluding hydrogens is 379 g/mol. The van der Waals surface area contributed by atoms with Crippen molar-refractivity contribution in [3.8, 4) is 10.6 Å². The summed E-state index contributed by atoms with van der Waals surface area (Å²) in [5, 5.41) is 12.0. The molecule has 0 radical (unpaired) electrons. The van der Waals surface area contributed by atoms with E-state index in [9.17, 15) is 14.0 Å². The summed E-state index contributed by atoms with van der Waals surface area (Å²) in [5.74, 6) is 0.0485. The fourth-order valence-electron chi connectivity index (χ4n) is 2.49. The molecule has 0 bridgehead atoms. The van der Waals surface area contributed by atoms with Crippen LogP contribution < -0.4 is 10.2 Å². The van der Waals surface area contributed by atoms with E-state index in [1.807, 2.05) is 6.26 Å². The van der Waals surface area contributed by atoms with Crippen LogP contribution >= 0.6 is 23.1 Å². The third-order valence-corrected chi connectivity index (χ3v) is 5.38. The van der Waals surface area contributed by atoms with Crippen LogP contribution in [0.3, 0.4) is 0 Å². The number of hydrogen-bond donors (Lipinski definition) is 1. The molecule has 1 unspecified atom stereocenters. The predicted molar refractivity (Wildman–Crippen MR) is 98.8 cm³/mol. The second kappa shape index (κ2) is 8.00. The predicted octanol–water partition coefficient (Wildman–Crippen LogP) is 2.67. The topological polar surface area (TPSA) is 84.4 Å². The fraction of sp³-hybridized carbons (Fsp3) is 0.375. The number of thioether (sulfide) groups is 1. The van der Waals surface area contributed by atoms with Gasteiger partial charge < -0.3 is 10.1 Å². The van der Waals surface area contributed by atoms with E-state index >= 15 is 0 Å². The lowest BCUT2D eigenvalue weighted by molar-refractivity contribution is -0.119. The van der Waals surface area contributed by atoms with Crippen LogP contribution in [0.2, 0.25) is 0 Å². The van der Waals surface area contributed by atoms with Crippen LogP contribution in [0.4, 0.5) is 14.9 Å². The molecule has 2 aromatic rings. The van der Waals surface area contributed by atoms with Crippen LogP contribution in [0.5, 0.6) is 0 Å². The van der Waals surface area contributed by atoms with Crippen molar-refractivity contribution in [3.05, 3.63) is 29.0 Å². The van der Waals surface area contributed by atoms with Crippen LogP contribution in [0, 0.1) is 5.82 Å². The number of hydrogen-bond acceptors (Lipinski definition) is 7. The average molecular weight is 396 g/mol. The maximum Gasteiger partial charge on any atom is 0.414 e. The van der Waals surface area contributed by atoms with Crippen LogP contribution in [-0.2, 0) is 15.3 Å². The lowest BCUT2D eigenvalue weighted by Gasteiger charge is -2.14. The van der Waals surface area contributed by atoms with Gasteiger partial charge in [0.2, 0.25) is 5.91 Å². The van der Waals surface area contributed by atoms with Gasteiger partial charge in [0, 0.05) is 18.2 Å². The fourth-order valence-corrected chi connectivity index (χ4v) is 4.04. The van der Waals surface area contributed by atoms with E-state index in [0.717, 1.165) is 10.8 Å². The van der Waals surface area contributed by atoms with Crippen LogP contribution in [0.15, 0.2) is 18.2 Å². The summed E-state index contributed by atoms with van der Waals surface area (Å²) >= 11 is 2.97. The molecule has 10 heteroatoms. The highest BCUT2D eigenvalue weighted by Crippen LogP contribution is 2.31. The molecule has 138 valence electrons. The summed E-state index contributed by atoms with van der Waals surface area (Å²) in [6, 6.07) is 4.52. The highest BCUT2D eigenvalue weighted by atomic mass is 32.2. The summed E-state index contributed by atoms with van der Waals surface area (Å²) in [7, 11) is 0. The molecule has 1 N–H and O–H groups in total. The van der Waals surface area contributed by atoms with Crippen molar-refractivity contribution in [2.24, 2.45) is 0 Å². The monoisotopic (exact) mass is 396 g/mol. The van der Waals surface area contributed by atoms with Crippen molar-refractivity contribution < 1.29 is 18.7 Å². The smallest absolute Gasteiger partial charge is 0.414 e. The highest BCUT2D eigenvalue weighted by molar-refractivity contribution is 7.97. The van der Waals surface area contributed by atoms with Gasteiger partial charge >= 0.3 is 6.09 Å². The normalized spacial score (nSPS) is 16.7. The molecule has 1 saturated heterocycles. The van der Waals surface area contributed by atoms with E-state index in [-0.39, 0.29) is 19.0 Å². The van der Waals surface area contributed by atoms with Crippen molar-refractivity contribution in [3.63, 3.8) is 0 Å². The maximum absolute atomic E-state index is 14.6. The SMILES string of the molecule is CSCc1nnc(-c2ccc(N3CC(CNC(C)=O)OC3=O)cc2F)s1. The lowest BCUT2D eigenvalue weighted by atomic mass is 10.2. The zero-order valence-corrected chi connectivity index (χ0v) is 15.8. The minimum Gasteiger partial charge on any atom is -0.442 e. The molecule has 1 aromatic heterocycles. The molecule has 3 rings (SSSR count). The summed E-state index contributed by atoms with van der Waals surface area (Å²) in [6.45, 7) is 1.86. The number of benzene rings is 1. The van der Waals surface area contributed by atoms with Crippen LogP contribution in [-0.4, -0.2) is 47.6 Å². The van der Waals surface area contributed by atoms with Gasteiger partial charge in [0.1, 0.15) is 16.9 Å². The zero-order chi connectivity index (χ0) is 18.7. The van der Waals surface area contributed by atoms with E-state index in [1.54, 1.807) is 23.9 Å². The number of ether oxygens (including phenoxy) is 1. The maximum atomic E-state index is 14.6. The number of carbonyl (C=O) groups excluding carboxylic acids is 2. The number of amides is 2. The van der Waals surface area contributed by atoms with E-state index in [2.05, 4.69) is 15.5 Å². The first-order valence-electron chi connectivity index (χ1n) is 7.81. The quantitative estimate of drug-likeness (QED) is 0.808. The molecule has 1 aliphatic rings. The second-order valence-electron chi connectivity index (χ2n) is 5.65. The Hall–Kier alpha value is -2.20. The number of rotatable bonds is 6. The van der Waals surface area contributed by atoms with Gasteiger partial charge in [0.15, 0.2) is 5.01 Å². The van der Waals surface area contributed by atoms with Crippen molar-refractivity contribution in [1.82, 2.24) is 15.5 Å². The Bertz CT molecular complexity index is 830. The molecular formula is C16H17FN4O3S2. The van der Waals surface area contributed by atoms with Crippen molar-refractivity contribution >= 4 is 40.8 Å². The first kappa shape index (κ1) is 18.6. The van der Waals surface area contributed by atoms with Gasteiger partial charge in [-0.05, 0) is 24.5 Å². The van der Waals surface area contributed by atoms with Gasteiger partial charge in [-0.15, -0.1) is 10.2 Å². The second-order valence-corrected chi connectivity index (χ2v) is 7.58. The number of carbonyl (C=O) groups is 2. The number of halogens is 1.